The third kappa shape index (κ3) is 26.0. The largest absolute Gasteiger partial charge is 0.417 e. The van der Waals surface area contributed by atoms with Crippen LogP contribution in [0.3, 0.4) is 0 Å². The van der Waals surface area contributed by atoms with Gasteiger partial charge in [0.25, 0.3) is 17.7 Å². The topological polar surface area (TPSA) is 265 Å². The van der Waals surface area contributed by atoms with Crippen molar-refractivity contribution in [1.29, 1.82) is 0 Å². The van der Waals surface area contributed by atoms with Gasteiger partial charge in [0.1, 0.15) is 23.3 Å². The van der Waals surface area contributed by atoms with E-state index in [2.05, 4.69) is 31.2 Å². The second-order valence-electron chi connectivity index (χ2n) is 23.2. The Balaban J connectivity index is 0.657. The van der Waals surface area contributed by atoms with Crippen molar-refractivity contribution in [3.63, 3.8) is 0 Å². The first-order valence-electron chi connectivity index (χ1n) is 32.7. The molecule has 7 N–H and O–H groups in total. The van der Waals surface area contributed by atoms with Crippen LogP contribution in [0.15, 0.2) is 103 Å². The molecule has 5 amide bonds. The molecular formula is C71H83Cl2F7N8O14. The van der Waals surface area contributed by atoms with Crippen molar-refractivity contribution >= 4 is 70.2 Å². The quantitative estimate of drug-likeness (QED) is 0.0118. The fourth-order valence-corrected chi connectivity index (χ4v) is 10.9. The molecule has 0 unspecified atom stereocenters. The van der Waals surface area contributed by atoms with Crippen LogP contribution in [-0.4, -0.2) is 204 Å². The standard InChI is InChI=1S/C71H83Cl2F7N8O14/c1-45-43-88(44-46(2)87(45)3)64-14-6-47(38-63(64)86-69(92)52-10-8-51(74)40-56(52)71(78,79)80)54-36-49(5-11-58(54)75)68(91)83-17-19-95-21-23-97-25-27-99-29-31-101-33-35-102-34-32-100-30-28-98-26-24-96-22-20-94-18-16-82-66(90)15-13-61-67(53-9-7-50(72)39-60(53)77)55(42-84-61)70(93)85-62(41-65(81)89)48-4-12-59(76)57(73)37-48/h4-15,36-40,42,45-46,62,84H,16-35,41,43-44H2,1-3H3,(H2,81,89)(H,82,90)(H,83,91)(H,85,93)(H,86,92)/b15-13+/t45-,46+,62-/m0/s1. The Bertz CT molecular complexity index is 3750. The molecule has 5 aromatic carbocycles. The molecule has 31 heteroatoms. The SMILES string of the molecule is C[C@@H]1CN(c2ccc(-c3cc(C(=O)NCCOCCOCCOCCOCCOCCOCCOCCOCCOCCNC(=O)/C=C/c4[nH]cc(C(=O)N[C@@H](CC(N)=O)c5ccc(F)c(Cl)c5)c4-c4ccc(Cl)cc4F)ccc3F)cc2NC(=O)c2ccc(F)cc2C(F)(F)F)C[C@H](C)N1C. The zero-order chi connectivity index (χ0) is 73.6. The minimum Gasteiger partial charge on any atom is -0.377 e. The first-order chi connectivity index (χ1) is 49.0. The Kier molecular flexibility index (Phi) is 33.4. The molecule has 1 fully saturated rings. The number of rotatable bonds is 43. The number of benzene rings is 5. The van der Waals surface area contributed by atoms with Crippen LogP contribution in [0.4, 0.5) is 42.1 Å². The van der Waals surface area contributed by atoms with Crippen molar-refractivity contribution in [2.45, 2.75) is 44.6 Å². The number of aromatic nitrogens is 1. The molecule has 1 saturated heterocycles. The van der Waals surface area contributed by atoms with Crippen LogP contribution in [-0.2, 0) is 58.4 Å². The van der Waals surface area contributed by atoms with Crippen molar-refractivity contribution in [2.24, 2.45) is 5.73 Å². The molecule has 0 spiro atoms. The number of hydrogen-bond donors (Lipinski definition) is 6. The van der Waals surface area contributed by atoms with E-state index < -0.39 is 76.1 Å². The second-order valence-corrected chi connectivity index (χ2v) is 24.1. The van der Waals surface area contributed by atoms with E-state index >= 15 is 8.78 Å². The zero-order valence-corrected chi connectivity index (χ0v) is 58.0. The van der Waals surface area contributed by atoms with Gasteiger partial charge in [-0.15, -0.1) is 0 Å². The number of anilines is 2. The first kappa shape index (κ1) is 81.3. The highest BCUT2D eigenvalue weighted by Gasteiger charge is 2.37. The third-order valence-electron chi connectivity index (χ3n) is 15.9. The van der Waals surface area contributed by atoms with E-state index in [1.165, 1.54) is 60.8 Å². The van der Waals surface area contributed by atoms with Gasteiger partial charge in [0.15, 0.2) is 0 Å². The first-order valence-corrected chi connectivity index (χ1v) is 33.5. The summed E-state index contributed by atoms with van der Waals surface area (Å²) in [4.78, 5) is 72.2. The maximum Gasteiger partial charge on any atom is 0.417 e. The molecule has 0 aliphatic carbocycles. The average molecular weight is 1480 g/mol. The summed E-state index contributed by atoms with van der Waals surface area (Å²) in [6.45, 7) is 11.0. The number of amides is 5. The molecule has 7 rings (SSSR count). The number of piperazine rings is 1. The van der Waals surface area contributed by atoms with E-state index in [0.29, 0.717) is 104 Å². The molecule has 6 aromatic rings. The van der Waals surface area contributed by atoms with Crippen molar-refractivity contribution in [3.8, 4) is 22.3 Å². The molecule has 1 aliphatic heterocycles. The summed E-state index contributed by atoms with van der Waals surface area (Å²) >= 11 is 12.0. The van der Waals surface area contributed by atoms with Crippen molar-refractivity contribution in [1.82, 2.24) is 25.8 Å². The normalized spacial score (nSPS) is 14.5. The Morgan fingerprint density at radius 1 is 0.598 bits per heavy atom. The average Bonchev–Trinajstić information content (AvgIpc) is 1.20. The van der Waals surface area contributed by atoms with Crippen molar-refractivity contribution in [3.05, 3.63) is 170 Å². The lowest BCUT2D eigenvalue weighted by atomic mass is 9.98. The van der Waals surface area contributed by atoms with Gasteiger partial charge in [0.2, 0.25) is 11.8 Å². The molecule has 3 atom stereocenters. The van der Waals surface area contributed by atoms with Gasteiger partial charge in [0, 0.05) is 83.5 Å². The lowest BCUT2D eigenvalue weighted by molar-refractivity contribution is -0.138. The number of primary amides is 1. The van der Waals surface area contributed by atoms with Gasteiger partial charge in [-0.2, -0.15) is 13.2 Å². The van der Waals surface area contributed by atoms with Crippen molar-refractivity contribution < 1.29 is 97.3 Å². The number of aromatic amines is 1. The molecule has 0 bridgehead atoms. The molecule has 102 heavy (non-hydrogen) atoms. The lowest BCUT2D eigenvalue weighted by Gasteiger charge is -2.44. The Morgan fingerprint density at radius 2 is 1.15 bits per heavy atom. The van der Waals surface area contributed by atoms with Crippen molar-refractivity contribution in [2.75, 3.05) is 162 Å². The fraction of sp³-hybridized carbons (Fsp3) is 0.423. The minimum atomic E-state index is -5.03. The number of nitrogens with two attached hydrogens (primary N) is 1. The number of nitrogens with one attached hydrogen (secondary N) is 5. The molecule has 1 aliphatic rings. The second kappa shape index (κ2) is 41.9. The highest BCUT2D eigenvalue weighted by Crippen LogP contribution is 2.38. The van der Waals surface area contributed by atoms with Gasteiger partial charge < -0.3 is 79.5 Å². The van der Waals surface area contributed by atoms with Gasteiger partial charge in [-0.3, -0.25) is 28.9 Å². The highest BCUT2D eigenvalue weighted by atomic mass is 35.5. The molecule has 0 radical (unpaired) electrons. The van der Waals surface area contributed by atoms with Crippen LogP contribution in [0, 0.1) is 23.3 Å². The lowest BCUT2D eigenvalue weighted by Crippen LogP contribution is -2.55. The summed E-state index contributed by atoms with van der Waals surface area (Å²) < 4.78 is 150. The van der Waals surface area contributed by atoms with E-state index in [1.807, 2.05) is 25.8 Å². The Morgan fingerprint density at radius 3 is 1.69 bits per heavy atom. The monoisotopic (exact) mass is 1470 g/mol. The fourth-order valence-electron chi connectivity index (χ4n) is 10.5. The Hall–Kier alpha value is -8.04. The highest BCUT2D eigenvalue weighted by molar-refractivity contribution is 6.31. The number of nitrogens with zero attached hydrogens (tertiary/aromatic N) is 2. The van der Waals surface area contributed by atoms with Gasteiger partial charge in [-0.25, -0.2) is 17.6 Å². The van der Waals surface area contributed by atoms with Crippen LogP contribution in [0.5, 0.6) is 0 Å². The number of carbonyl (C=O) groups excluding carboxylic acids is 5. The summed E-state index contributed by atoms with van der Waals surface area (Å²) in [5.74, 6) is -6.95. The number of ether oxygens (including phenoxy) is 9. The number of H-pyrrole nitrogens is 1. The zero-order valence-electron chi connectivity index (χ0n) is 56.5. The van der Waals surface area contributed by atoms with E-state index in [9.17, 15) is 45.9 Å². The molecule has 0 saturated carbocycles. The number of hydrogen-bond acceptors (Lipinski definition) is 16. The molecule has 554 valence electrons. The van der Waals surface area contributed by atoms with E-state index in [0.717, 1.165) is 30.3 Å². The number of alkyl halides is 3. The van der Waals surface area contributed by atoms with Gasteiger partial charge in [-0.1, -0.05) is 35.3 Å². The minimum absolute atomic E-state index is 0.00240. The summed E-state index contributed by atoms with van der Waals surface area (Å²) in [7, 11) is 1.98. The maximum atomic E-state index is 15.5. The molecule has 22 nitrogen and oxygen atoms in total. The van der Waals surface area contributed by atoms with E-state index in [1.54, 1.807) is 12.1 Å². The predicted octanol–water partition coefficient (Wildman–Crippen LogP) is 10.1. The van der Waals surface area contributed by atoms with Gasteiger partial charge >= 0.3 is 6.18 Å². The smallest absolute Gasteiger partial charge is 0.377 e. The molecule has 1 aromatic heterocycles. The third-order valence-corrected chi connectivity index (χ3v) is 16.4. The van der Waals surface area contributed by atoms with E-state index in [-0.39, 0.29) is 132 Å². The molecule has 2 heterocycles. The van der Waals surface area contributed by atoms with Crippen LogP contribution in [0.1, 0.15) is 74.2 Å². The summed E-state index contributed by atoms with van der Waals surface area (Å²) in [5.41, 5.74) is 4.70. The maximum absolute atomic E-state index is 15.5. The van der Waals surface area contributed by atoms with Gasteiger partial charge in [0.05, 0.1) is 164 Å². The number of likely N-dealkylation sites (N-methyl/N-ethyl adjacent to an activating group) is 1. The number of halogens is 9. The van der Waals surface area contributed by atoms with Crippen LogP contribution >= 0.6 is 23.2 Å². The van der Waals surface area contributed by atoms with Crippen LogP contribution < -0.4 is 31.9 Å². The summed E-state index contributed by atoms with van der Waals surface area (Å²) in [6, 6.07) is 17.0. The summed E-state index contributed by atoms with van der Waals surface area (Å²) in [5, 5.41) is 10.6. The predicted molar refractivity (Wildman–Crippen MR) is 368 cm³/mol. The number of carbonyl (C=O) groups is 5. The van der Waals surface area contributed by atoms with Gasteiger partial charge in [-0.05, 0) is 117 Å². The summed E-state index contributed by atoms with van der Waals surface area (Å²) in [6.07, 6.45) is -1.50. The van der Waals surface area contributed by atoms with E-state index in [4.69, 9.17) is 71.6 Å². The van der Waals surface area contributed by atoms with Crippen LogP contribution in [0.2, 0.25) is 10.0 Å². The molecular weight excluding hydrogens is 1390 g/mol. The van der Waals surface area contributed by atoms with Crippen LogP contribution in [0.25, 0.3) is 28.3 Å². The Labute approximate surface area is 595 Å².